The van der Waals surface area contributed by atoms with Crippen molar-refractivity contribution in [2.75, 3.05) is 12.8 Å². The number of hydrogen-bond donors (Lipinski definition) is 2. The first-order chi connectivity index (χ1) is 18.4. The predicted molar refractivity (Wildman–Crippen MR) is 147 cm³/mol. The Balaban J connectivity index is 1.55. The van der Waals surface area contributed by atoms with E-state index in [-0.39, 0.29) is 17.9 Å². The maximum Gasteiger partial charge on any atom is 0.243 e. The van der Waals surface area contributed by atoms with Crippen molar-refractivity contribution < 1.29 is 14.3 Å². The van der Waals surface area contributed by atoms with Crippen molar-refractivity contribution in [3.05, 3.63) is 66.8 Å². The van der Waals surface area contributed by atoms with Gasteiger partial charge in [0.25, 0.3) is 0 Å². The lowest BCUT2D eigenvalue weighted by atomic mass is 9.81. The Bertz CT molecular complexity index is 1500. The van der Waals surface area contributed by atoms with E-state index in [4.69, 9.17) is 15.2 Å². The van der Waals surface area contributed by atoms with Gasteiger partial charge in [-0.2, -0.15) is 0 Å². The van der Waals surface area contributed by atoms with Gasteiger partial charge < -0.3 is 25.1 Å². The van der Waals surface area contributed by atoms with E-state index in [9.17, 15) is 4.79 Å². The molecule has 1 amide bonds. The molecule has 0 unspecified atom stereocenters. The Morgan fingerprint density at radius 3 is 2.66 bits per heavy atom. The summed E-state index contributed by atoms with van der Waals surface area (Å²) in [5.74, 6) is 2.22. The van der Waals surface area contributed by atoms with Crippen molar-refractivity contribution in [1.29, 1.82) is 0 Å². The average molecular weight is 513 g/mol. The lowest BCUT2D eigenvalue weighted by molar-refractivity contribution is -0.117. The van der Waals surface area contributed by atoms with E-state index in [0.717, 1.165) is 59.2 Å². The summed E-state index contributed by atoms with van der Waals surface area (Å²) in [5, 5.41) is 3.86. The van der Waals surface area contributed by atoms with Crippen molar-refractivity contribution in [3.63, 3.8) is 0 Å². The summed E-state index contributed by atoms with van der Waals surface area (Å²) in [7, 11) is 3.65. The molecule has 1 aliphatic rings. The fourth-order valence-corrected chi connectivity index (χ4v) is 5.43. The van der Waals surface area contributed by atoms with E-state index in [2.05, 4.69) is 31.4 Å². The van der Waals surface area contributed by atoms with Crippen LogP contribution in [0.15, 0.2) is 55.4 Å². The van der Waals surface area contributed by atoms with Crippen molar-refractivity contribution >= 4 is 22.8 Å². The number of amides is 1. The van der Waals surface area contributed by atoms with Crippen LogP contribution >= 0.6 is 0 Å². The first-order valence-electron chi connectivity index (χ1n) is 12.7. The fraction of sp³-hybridized carbons (Fsp3) is 0.310. The van der Waals surface area contributed by atoms with Crippen LogP contribution in [0.5, 0.6) is 17.4 Å². The minimum absolute atomic E-state index is 0.128. The van der Waals surface area contributed by atoms with Gasteiger partial charge in [0.2, 0.25) is 11.8 Å². The average Bonchev–Trinajstić information content (AvgIpc) is 3.22. The van der Waals surface area contributed by atoms with E-state index >= 15 is 0 Å². The molecule has 3 N–H and O–H groups in total. The molecule has 1 aliphatic carbocycles. The van der Waals surface area contributed by atoms with Crippen molar-refractivity contribution in [2.24, 2.45) is 7.05 Å². The molecule has 3 aromatic heterocycles. The Labute approximate surface area is 221 Å². The molecule has 0 aliphatic heterocycles. The highest BCUT2D eigenvalue weighted by molar-refractivity contribution is 6.02. The lowest BCUT2D eigenvalue weighted by Gasteiger charge is -2.30. The van der Waals surface area contributed by atoms with Crippen LogP contribution in [0.2, 0.25) is 0 Å². The smallest absolute Gasteiger partial charge is 0.243 e. The second-order valence-electron chi connectivity index (χ2n) is 9.62. The van der Waals surface area contributed by atoms with Gasteiger partial charge >= 0.3 is 0 Å². The number of aromatic nitrogens is 4. The number of nitrogens with one attached hydrogen (secondary N) is 1. The monoisotopic (exact) mass is 512 g/mol. The maximum atomic E-state index is 11.8. The summed E-state index contributed by atoms with van der Waals surface area (Å²) in [6.07, 6.45) is 6.43. The molecule has 0 radical (unpaired) electrons. The van der Waals surface area contributed by atoms with E-state index in [1.54, 1.807) is 7.11 Å². The van der Waals surface area contributed by atoms with Crippen LogP contribution in [-0.4, -0.2) is 38.6 Å². The van der Waals surface area contributed by atoms with Gasteiger partial charge in [-0.05, 0) is 62.4 Å². The van der Waals surface area contributed by atoms with Gasteiger partial charge in [0.05, 0.1) is 12.5 Å². The number of methoxy groups -OCH3 is 1. The molecule has 0 atom stereocenters. The summed E-state index contributed by atoms with van der Waals surface area (Å²) < 4.78 is 13.9. The van der Waals surface area contributed by atoms with E-state index in [1.807, 2.05) is 50.4 Å². The lowest BCUT2D eigenvalue weighted by Crippen LogP contribution is -2.36. The van der Waals surface area contributed by atoms with Gasteiger partial charge in [-0.25, -0.2) is 15.0 Å². The normalized spacial score (nSPS) is 17.2. The zero-order valence-corrected chi connectivity index (χ0v) is 21.9. The number of benzene rings is 1. The molecular weight excluding hydrogens is 480 g/mol. The summed E-state index contributed by atoms with van der Waals surface area (Å²) in [6, 6.07) is 11.6. The van der Waals surface area contributed by atoms with Crippen molar-refractivity contribution in [3.8, 4) is 28.5 Å². The molecule has 1 saturated carbocycles. The van der Waals surface area contributed by atoms with Gasteiger partial charge in [0.15, 0.2) is 11.5 Å². The van der Waals surface area contributed by atoms with Gasteiger partial charge in [0, 0.05) is 42.0 Å². The van der Waals surface area contributed by atoms with Crippen LogP contribution in [0.25, 0.3) is 22.2 Å². The topological polar surface area (TPSA) is 117 Å². The van der Waals surface area contributed by atoms with Crippen LogP contribution in [0.3, 0.4) is 0 Å². The first-order valence-corrected chi connectivity index (χ1v) is 12.7. The molecule has 3 heterocycles. The molecule has 9 heteroatoms. The van der Waals surface area contributed by atoms with E-state index in [1.165, 1.54) is 12.4 Å². The Morgan fingerprint density at radius 1 is 1.16 bits per heavy atom. The molecule has 9 nitrogen and oxygen atoms in total. The van der Waals surface area contributed by atoms with Gasteiger partial charge in [-0.1, -0.05) is 18.7 Å². The SMILES string of the molecule is C=CC(=O)NC1CCC(c2c(-c3ccc(Oc4cccc(C)n4)c(OC)c3)c3c(N)ncnc3n2C)CC1. The van der Waals surface area contributed by atoms with Crippen LogP contribution < -0.4 is 20.5 Å². The van der Waals surface area contributed by atoms with Gasteiger partial charge in [-0.3, -0.25) is 4.79 Å². The number of hydrogen-bond acceptors (Lipinski definition) is 7. The third-order valence-corrected chi connectivity index (χ3v) is 7.22. The molecule has 0 saturated heterocycles. The van der Waals surface area contributed by atoms with Crippen LogP contribution in [-0.2, 0) is 11.8 Å². The third kappa shape index (κ3) is 4.79. The summed E-state index contributed by atoms with van der Waals surface area (Å²) in [6.45, 7) is 5.48. The van der Waals surface area contributed by atoms with Crippen molar-refractivity contribution in [1.82, 2.24) is 24.8 Å². The number of nitrogens with two attached hydrogens (primary N) is 1. The molecule has 1 aromatic carbocycles. The summed E-state index contributed by atoms with van der Waals surface area (Å²) in [5.41, 5.74) is 11.2. The molecule has 38 heavy (non-hydrogen) atoms. The molecule has 1 fully saturated rings. The quantitative estimate of drug-likeness (QED) is 0.333. The number of anilines is 1. The van der Waals surface area contributed by atoms with Gasteiger partial charge in [0.1, 0.15) is 17.8 Å². The number of rotatable bonds is 7. The number of carbonyl (C=O) groups excluding carboxylic acids is 1. The highest BCUT2D eigenvalue weighted by atomic mass is 16.5. The highest BCUT2D eigenvalue weighted by Gasteiger charge is 2.30. The molecule has 4 aromatic rings. The Morgan fingerprint density at radius 2 is 1.95 bits per heavy atom. The number of aryl methyl sites for hydroxylation is 2. The van der Waals surface area contributed by atoms with Gasteiger partial charge in [-0.15, -0.1) is 0 Å². The number of nitrogens with zero attached hydrogens (tertiary/aromatic N) is 4. The standard InChI is InChI=1S/C29H32N6O3/c1-5-23(36)34-20-12-9-18(10-13-20)27-25(26-28(30)31-16-32-29(26)35(27)3)19-11-14-21(22(15-19)37-4)38-24-8-6-7-17(2)33-24/h5-8,11,14-16,18,20H,1,9-10,12-13H2,2-4H3,(H,34,36)(H2,30,31,32). The van der Waals surface area contributed by atoms with Crippen LogP contribution in [0.1, 0.15) is 43.0 Å². The van der Waals surface area contributed by atoms with E-state index < -0.39 is 0 Å². The van der Waals surface area contributed by atoms with E-state index in [0.29, 0.717) is 23.2 Å². The number of fused-ring (bicyclic) bond motifs is 1. The maximum absolute atomic E-state index is 11.8. The number of carbonyl (C=O) groups is 1. The molecule has 5 rings (SSSR count). The second kappa shape index (κ2) is 10.5. The fourth-order valence-electron chi connectivity index (χ4n) is 5.43. The number of nitrogen functional groups attached to an aromatic ring is 1. The largest absolute Gasteiger partial charge is 0.493 e. The predicted octanol–water partition coefficient (Wildman–Crippen LogP) is 5.05. The highest BCUT2D eigenvalue weighted by Crippen LogP contribution is 2.46. The second-order valence-corrected chi connectivity index (χ2v) is 9.62. The first kappa shape index (κ1) is 25.3. The Kier molecular flexibility index (Phi) is 7.00. The minimum Gasteiger partial charge on any atom is -0.493 e. The third-order valence-electron chi connectivity index (χ3n) is 7.22. The molecule has 196 valence electrons. The summed E-state index contributed by atoms with van der Waals surface area (Å²) in [4.78, 5) is 25.1. The zero-order chi connectivity index (χ0) is 26.8. The van der Waals surface area contributed by atoms with Crippen LogP contribution in [0, 0.1) is 6.92 Å². The number of pyridine rings is 1. The summed E-state index contributed by atoms with van der Waals surface area (Å²) >= 11 is 0. The van der Waals surface area contributed by atoms with Crippen molar-refractivity contribution in [2.45, 2.75) is 44.6 Å². The number of ether oxygens (including phenoxy) is 2. The minimum atomic E-state index is -0.128. The Hall–Kier alpha value is -4.40. The molecule has 0 bridgehead atoms. The molecular formula is C29H32N6O3. The molecule has 0 spiro atoms. The zero-order valence-electron chi connectivity index (χ0n) is 21.9. The van der Waals surface area contributed by atoms with Crippen LogP contribution in [0.4, 0.5) is 5.82 Å².